The van der Waals surface area contributed by atoms with Crippen LogP contribution in [0.1, 0.15) is 31.9 Å². The molecule has 2 atom stereocenters. The highest BCUT2D eigenvalue weighted by Gasteiger charge is 2.12. The van der Waals surface area contributed by atoms with E-state index in [4.69, 9.17) is 28.3 Å². The van der Waals surface area contributed by atoms with Gasteiger partial charge in [-0.1, -0.05) is 29.3 Å². The summed E-state index contributed by atoms with van der Waals surface area (Å²) in [7, 11) is 0. The predicted octanol–water partition coefficient (Wildman–Crippen LogP) is 3.12. The first kappa shape index (κ1) is 16.1. The normalized spacial score (nSPS) is 13.7. The SMILES string of the molecule is CC(NC(=O)N[C@H](C)CCO)c1ccc(Cl)c(Cl)c1. The van der Waals surface area contributed by atoms with Crippen LogP contribution in [0.25, 0.3) is 0 Å². The average molecular weight is 305 g/mol. The summed E-state index contributed by atoms with van der Waals surface area (Å²) < 4.78 is 0. The molecule has 0 fully saturated rings. The van der Waals surface area contributed by atoms with Gasteiger partial charge in [-0.3, -0.25) is 0 Å². The zero-order valence-corrected chi connectivity index (χ0v) is 12.4. The quantitative estimate of drug-likeness (QED) is 0.782. The largest absolute Gasteiger partial charge is 0.396 e. The first-order chi connectivity index (χ1) is 8.93. The summed E-state index contributed by atoms with van der Waals surface area (Å²) in [6.07, 6.45) is 0.522. The molecule has 0 aliphatic carbocycles. The highest BCUT2D eigenvalue weighted by Crippen LogP contribution is 2.25. The van der Waals surface area contributed by atoms with E-state index in [1.165, 1.54) is 0 Å². The molecule has 0 aliphatic rings. The van der Waals surface area contributed by atoms with Crippen LogP contribution in [0.4, 0.5) is 4.79 Å². The van der Waals surface area contributed by atoms with Gasteiger partial charge in [0.1, 0.15) is 0 Å². The Morgan fingerprint density at radius 2 is 1.95 bits per heavy atom. The molecule has 0 spiro atoms. The highest BCUT2D eigenvalue weighted by atomic mass is 35.5. The lowest BCUT2D eigenvalue weighted by Crippen LogP contribution is -2.42. The van der Waals surface area contributed by atoms with Crippen molar-refractivity contribution >= 4 is 29.2 Å². The van der Waals surface area contributed by atoms with Gasteiger partial charge < -0.3 is 15.7 Å². The van der Waals surface area contributed by atoms with Gasteiger partial charge in [0.25, 0.3) is 0 Å². The van der Waals surface area contributed by atoms with E-state index in [1.807, 2.05) is 19.9 Å². The second-order valence-corrected chi connectivity index (χ2v) is 5.24. The maximum Gasteiger partial charge on any atom is 0.315 e. The molecule has 0 heterocycles. The second-order valence-electron chi connectivity index (χ2n) is 4.43. The molecule has 0 aromatic heterocycles. The second kappa shape index (κ2) is 7.58. The first-order valence-electron chi connectivity index (χ1n) is 6.07. The summed E-state index contributed by atoms with van der Waals surface area (Å²) in [5.41, 5.74) is 0.874. The number of aliphatic hydroxyl groups is 1. The average Bonchev–Trinajstić information content (AvgIpc) is 2.32. The lowest BCUT2D eigenvalue weighted by atomic mass is 10.1. The Morgan fingerprint density at radius 3 is 2.53 bits per heavy atom. The Balaban J connectivity index is 2.56. The number of urea groups is 1. The van der Waals surface area contributed by atoms with Gasteiger partial charge in [-0.15, -0.1) is 0 Å². The van der Waals surface area contributed by atoms with Gasteiger partial charge >= 0.3 is 6.03 Å². The Kier molecular flexibility index (Phi) is 6.42. The van der Waals surface area contributed by atoms with Gasteiger partial charge in [0.15, 0.2) is 0 Å². The van der Waals surface area contributed by atoms with Crippen molar-refractivity contribution in [1.29, 1.82) is 0 Å². The number of amides is 2. The molecule has 6 heteroatoms. The van der Waals surface area contributed by atoms with E-state index >= 15 is 0 Å². The summed E-state index contributed by atoms with van der Waals surface area (Å²) >= 11 is 11.8. The van der Waals surface area contributed by atoms with E-state index in [9.17, 15) is 4.79 Å². The summed E-state index contributed by atoms with van der Waals surface area (Å²) in [5.74, 6) is 0. The third kappa shape index (κ3) is 5.27. The maximum absolute atomic E-state index is 11.7. The fraction of sp³-hybridized carbons (Fsp3) is 0.462. The molecule has 4 nitrogen and oxygen atoms in total. The lowest BCUT2D eigenvalue weighted by molar-refractivity contribution is 0.228. The molecule has 106 valence electrons. The van der Waals surface area contributed by atoms with Crippen molar-refractivity contribution in [3.8, 4) is 0 Å². The molecule has 2 amide bonds. The summed E-state index contributed by atoms with van der Waals surface area (Å²) in [5, 5.41) is 15.2. The molecule has 0 bridgehead atoms. The van der Waals surface area contributed by atoms with Crippen LogP contribution in [0.2, 0.25) is 10.0 Å². The zero-order chi connectivity index (χ0) is 14.4. The number of benzene rings is 1. The minimum atomic E-state index is -0.278. The van der Waals surface area contributed by atoms with Crippen molar-refractivity contribution in [2.24, 2.45) is 0 Å². The van der Waals surface area contributed by atoms with Gasteiger partial charge in [0.2, 0.25) is 0 Å². The third-order valence-electron chi connectivity index (χ3n) is 2.73. The van der Waals surface area contributed by atoms with Crippen molar-refractivity contribution in [3.05, 3.63) is 33.8 Å². The van der Waals surface area contributed by atoms with Gasteiger partial charge in [0, 0.05) is 12.6 Å². The third-order valence-corrected chi connectivity index (χ3v) is 3.47. The van der Waals surface area contributed by atoms with Crippen LogP contribution in [0.5, 0.6) is 0 Å². The van der Waals surface area contributed by atoms with Gasteiger partial charge in [-0.2, -0.15) is 0 Å². The van der Waals surface area contributed by atoms with Crippen molar-refractivity contribution < 1.29 is 9.90 Å². The molecule has 19 heavy (non-hydrogen) atoms. The molecule has 0 saturated carbocycles. The van der Waals surface area contributed by atoms with E-state index in [0.29, 0.717) is 16.5 Å². The van der Waals surface area contributed by atoms with E-state index in [-0.39, 0.29) is 24.7 Å². The van der Waals surface area contributed by atoms with E-state index in [0.717, 1.165) is 5.56 Å². The van der Waals surface area contributed by atoms with Crippen LogP contribution >= 0.6 is 23.2 Å². The van der Waals surface area contributed by atoms with Crippen molar-refractivity contribution in [2.75, 3.05) is 6.61 Å². The van der Waals surface area contributed by atoms with E-state index < -0.39 is 0 Å². The molecule has 1 rings (SSSR count). The van der Waals surface area contributed by atoms with Crippen LogP contribution in [0.3, 0.4) is 0 Å². The van der Waals surface area contributed by atoms with Crippen LogP contribution in [0.15, 0.2) is 18.2 Å². The molecule has 1 aromatic carbocycles. The Bertz CT molecular complexity index is 441. The van der Waals surface area contributed by atoms with Gasteiger partial charge in [0.05, 0.1) is 16.1 Å². The number of halogens is 2. The number of carbonyl (C=O) groups excluding carboxylic acids is 1. The number of aliphatic hydroxyl groups excluding tert-OH is 1. The lowest BCUT2D eigenvalue weighted by Gasteiger charge is -2.18. The van der Waals surface area contributed by atoms with Crippen LogP contribution in [0, 0.1) is 0 Å². The molecule has 3 N–H and O–H groups in total. The minimum Gasteiger partial charge on any atom is -0.396 e. The monoisotopic (exact) mass is 304 g/mol. The van der Waals surface area contributed by atoms with E-state index in [2.05, 4.69) is 10.6 Å². The molecule has 0 radical (unpaired) electrons. The van der Waals surface area contributed by atoms with Gasteiger partial charge in [-0.25, -0.2) is 4.79 Å². The fourth-order valence-electron chi connectivity index (χ4n) is 1.59. The van der Waals surface area contributed by atoms with Crippen molar-refractivity contribution in [2.45, 2.75) is 32.4 Å². The Hall–Kier alpha value is -0.970. The summed E-state index contributed by atoms with van der Waals surface area (Å²) in [6.45, 7) is 3.74. The summed E-state index contributed by atoms with van der Waals surface area (Å²) in [4.78, 5) is 11.7. The predicted molar refractivity (Wildman–Crippen MR) is 77.7 cm³/mol. The molecule has 0 aliphatic heterocycles. The number of carbonyl (C=O) groups is 1. The minimum absolute atomic E-state index is 0.0454. The maximum atomic E-state index is 11.7. The fourth-order valence-corrected chi connectivity index (χ4v) is 1.90. The summed E-state index contributed by atoms with van der Waals surface area (Å²) in [6, 6.07) is 4.70. The molecular formula is C13H18Cl2N2O2. The smallest absolute Gasteiger partial charge is 0.315 e. The number of rotatable bonds is 5. The first-order valence-corrected chi connectivity index (χ1v) is 6.82. The molecule has 1 aromatic rings. The van der Waals surface area contributed by atoms with Gasteiger partial charge in [-0.05, 0) is 38.0 Å². The highest BCUT2D eigenvalue weighted by molar-refractivity contribution is 6.42. The number of hydrogen-bond acceptors (Lipinski definition) is 2. The Morgan fingerprint density at radius 1 is 1.26 bits per heavy atom. The Labute approximate surface area is 123 Å². The number of hydrogen-bond donors (Lipinski definition) is 3. The standard InChI is InChI=1S/C13H18Cl2N2O2/c1-8(5-6-18)16-13(19)17-9(2)10-3-4-11(14)12(15)7-10/h3-4,7-9,18H,5-6H2,1-2H3,(H2,16,17,19)/t8-,9?/m1/s1. The topological polar surface area (TPSA) is 61.4 Å². The molecule has 0 saturated heterocycles. The van der Waals surface area contributed by atoms with Crippen molar-refractivity contribution in [3.63, 3.8) is 0 Å². The number of nitrogens with one attached hydrogen (secondary N) is 2. The molecule has 1 unspecified atom stereocenters. The van der Waals surface area contributed by atoms with Crippen LogP contribution in [-0.4, -0.2) is 23.8 Å². The zero-order valence-electron chi connectivity index (χ0n) is 10.9. The van der Waals surface area contributed by atoms with E-state index in [1.54, 1.807) is 12.1 Å². The van der Waals surface area contributed by atoms with Crippen molar-refractivity contribution in [1.82, 2.24) is 10.6 Å². The molecular weight excluding hydrogens is 287 g/mol. The van der Waals surface area contributed by atoms with Crippen LogP contribution in [-0.2, 0) is 0 Å². The van der Waals surface area contributed by atoms with Crippen LogP contribution < -0.4 is 10.6 Å².